The van der Waals surface area contributed by atoms with Crippen molar-refractivity contribution in [1.82, 2.24) is 15.4 Å². The van der Waals surface area contributed by atoms with E-state index in [2.05, 4.69) is 9.97 Å². The molecule has 0 aliphatic rings. The van der Waals surface area contributed by atoms with Crippen LogP contribution in [0.25, 0.3) is 5.57 Å². The van der Waals surface area contributed by atoms with E-state index < -0.39 is 5.91 Å². The highest BCUT2D eigenvalue weighted by atomic mass is 19.1. The van der Waals surface area contributed by atoms with Crippen LogP contribution in [0.1, 0.15) is 29.5 Å². The Labute approximate surface area is 133 Å². The Hall–Kier alpha value is -2.60. The zero-order valence-electron chi connectivity index (χ0n) is 12.8. The largest absolute Gasteiger partial charge is 0.289 e. The fourth-order valence-corrected chi connectivity index (χ4v) is 2.24. The molecule has 0 aliphatic heterocycles. The van der Waals surface area contributed by atoms with Crippen LogP contribution in [0.15, 0.2) is 43.0 Å². The van der Waals surface area contributed by atoms with Gasteiger partial charge in [-0.1, -0.05) is 18.2 Å². The second kappa shape index (κ2) is 8.14. The number of amides is 1. The van der Waals surface area contributed by atoms with E-state index in [9.17, 15) is 9.18 Å². The van der Waals surface area contributed by atoms with Gasteiger partial charge in [-0.3, -0.25) is 10.0 Å². The van der Waals surface area contributed by atoms with E-state index in [0.29, 0.717) is 18.4 Å². The summed E-state index contributed by atoms with van der Waals surface area (Å²) in [7, 11) is 0. The number of carbonyl (C=O) groups is 1. The molecule has 1 heterocycles. The summed E-state index contributed by atoms with van der Waals surface area (Å²) < 4.78 is 13.6. The number of nitrogens with zero attached hydrogens (tertiary/aromatic N) is 2. The molecule has 0 fully saturated rings. The Morgan fingerprint density at radius 1 is 1.30 bits per heavy atom. The number of halogens is 1. The van der Waals surface area contributed by atoms with Gasteiger partial charge >= 0.3 is 0 Å². The van der Waals surface area contributed by atoms with E-state index in [-0.39, 0.29) is 12.2 Å². The lowest BCUT2D eigenvalue weighted by molar-refractivity contribution is -0.129. The van der Waals surface area contributed by atoms with E-state index in [0.717, 1.165) is 16.7 Å². The minimum absolute atomic E-state index is 0.138. The van der Waals surface area contributed by atoms with Crippen molar-refractivity contribution in [3.8, 4) is 0 Å². The van der Waals surface area contributed by atoms with Crippen LogP contribution < -0.4 is 5.48 Å². The summed E-state index contributed by atoms with van der Waals surface area (Å²) in [5.74, 6) is -0.699. The number of allylic oxidation sites excluding steroid dienone is 2. The fourth-order valence-electron chi connectivity index (χ4n) is 2.24. The van der Waals surface area contributed by atoms with Gasteiger partial charge in [0, 0.05) is 24.4 Å². The lowest BCUT2D eigenvalue weighted by Gasteiger charge is -2.08. The molecule has 6 heteroatoms. The lowest BCUT2D eigenvalue weighted by atomic mass is 9.98. The molecular weight excluding hydrogens is 297 g/mol. The maximum atomic E-state index is 13.6. The highest BCUT2D eigenvalue weighted by Crippen LogP contribution is 2.21. The van der Waals surface area contributed by atoms with Crippen molar-refractivity contribution < 1.29 is 14.4 Å². The van der Waals surface area contributed by atoms with Crippen LogP contribution in [0.4, 0.5) is 4.39 Å². The molecular formula is C17H18FN3O2. The van der Waals surface area contributed by atoms with E-state index >= 15 is 0 Å². The molecule has 0 unspecified atom stereocenters. The van der Waals surface area contributed by atoms with Crippen molar-refractivity contribution in [3.05, 3.63) is 65.5 Å². The molecule has 1 aromatic heterocycles. The molecule has 0 atom stereocenters. The number of hydroxylamine groups is 1. The quantitative estimate of drug-likeness (QED) is 0.635. The minimum atomic E-state index is -0.463. The van der Waals surface area contributed by atoms with Gasteiger partial charge in [-0.05, 0) is 42.5 Å². The van der Waals surface area contributed by atoms with Gasteiger partial charge in [0.1, 0.15) is 12.1 Å². The standard InChI is InChI=1S/C17H18FN3O2/c1-12-13(3-2-4-16(12)18)5-6-14(7-8-17(22)21-23)15-9-19-11-20-10-15/h2-4,6,9-11,23H,5,7-8H2,1H3,(H,21,22)/b14-6+. The smallest absolute Gasteiger partial charge is 0.243 e. The molecule has 0 spiro atoms. The van der Waals surface area contributed by atoms with E-state index in [1.807, 2.05) is 12.1 Å². The van der Waals surface area contributed by atoms with Crippen LogP contribution >= 0.6 is 0 Å². The van der Waals surface area contributed by atoms with Crippen LogP contribution in [0, 0.1) is 12.7 Å². The summed E-state index contributed by atoms with van der Waals surface area (Å²) in [6.45, 7) is 1.74. The molecule has 23 heavy (non-hydrogen) atoms. The van der Waals surface area contributed by atoms with Crippen LogP contribution in [-0.4, -0.2) is 21.1 Å². The van der Waals surface area contributed by atoms with Crippen LogP contribution in [0.5, 0.6) is 0 Å². The molecule has 120 valence electrons. The predicted molar refractivity (Wildman–Crippen MR) is 84.0 cm³/mol. The first kappa shape index (κ1) is 16.8. The third-order valence-electron chi connectivity index (χ3n) is 3.63. The van der Waals surface area contributed by atoms with Gasteiger partial charge in [0.25, 0.3) is 0 Å². The van der Waals surface area contributed by atoms with Gasteiger partial charge < -0.3 is 0 Å². The number of hydrogen-bond donors (Lipinski definition) is 2. The van der Waals surface area contributed by atoms with Gasteiger partial charge in [0.15, 0.2) is 0 Å². The number of aromatic nitrogens is 2. The van der Waals surface area contributed by atoms with E-state index in [1.165, 1.54) is 12.4 Å². The number of carbonyl (C=O) groups excluding carboxylic acids is 1. The summed E-state index contributed by atoms with van der Waals surface area (Å²) in [5, 5.41) is 8.61. The molecule has 2 N–H and O–H groups in total. The second-order valence-electron chi connectivity index (χ2n) is 5.12. The summed E-state index contributed by atoms with van der Waals surface area (Å²) in [5.41, 5.74) is 4.78. The number of rotatable bonds is 6. The van der Waals surface area contributed by atoms with Crippen molar-refractivity contribution in [3.63, 3.8) is 0 Å². The van der Waals surface area contributed by atoms with Crippen molar-refractivity contribution >= 4 is 11.5 Å². The molecule has 2 rings (SSSR count). The topological polar surface area (TPSA) is 75.1 Å². The average Bonchev–Trinajstić information content (AvgIpc) is 2.58. The van der Waals surface area contributed by atoms with Gasteiger partial charge in [0.05, 0.1) is 0 Å². The summed E-state index contributed by atoms with van der Waals surface area (Å²) in [4.78, 5) is 19.2. The zero-order valence-corrected chi connectivity index (χ0v) is 12.8. The van der Waals surface area contributed by atoms with Gasteiger partial charge in [-0.15, -0.1) is 0 Å². The second-order valence-corrected chi connectivity index (χ2v) is 5.12. The predicted octanol–water partition coefficient (Wildman–Crippen LogP) is 2.84. The molecule has 2 aromatic rings. The van der Waals surface area contributed by atoms with Crippen LogP contribution in [0.3, 0.4) is 0 Å². The van der Waals surface area contributed by atoms with Gasteiger partial charge in [-0.25, -0.2) is 19.8 Å². The monoisotopic (exact) mass is 315 g/mol. The Morgan fingerprint density at radius 3 is 2.74 bits per heavy atom. The van der Waals surface area contributed by atoms with E-state index in [1.54, 1.807) is 30.9 Å². The molecule has 1 aromatic carbocycles. The Kier molecular flexibility index (Phi) is 5.94. The fraction of sp³-hybridized carbons (Fsp3) is 0.235. The third kappa shape index (κ3) is 4.69. The van der Waals surface area contributed by atoms with Crippen molar-refractivity contribution in [2.75, 3.05) is 0 Å². The SMILES string of the molecule is Cc1c(F)cccc1C/C=C(\CCC(=O)NO)c1cncnc1. The summed E-state index contributed by atoms with van der Waals surface area (Å²) >= 11 is 0. The van der Waals surface area contributed by atoms with Gasteiger partial charge in [0.2, 0.25) is 5.91 Å². The Morgan fingerprint density at radius 2 is 2.04 bits per heavy atom. The number of nitrogens with one attached hydrogen (secondary N) is 1. The van der Waals surface area contributed by atoms with Gasteiger partial charge in [-0.2, -0.15) is 0 Å². The number of hydrogen-bond acceptors (Lipinski definition) is 4. The molecule has 5 nitrogen and oxygen atoms in total. The molecule has 0 aliphatic carbocycles. The Balaban J connectivity index is 2.22. The van der Waals surface area contributed by atoms with Crippen LogP contribution in [0.2, 0.25) is 0 Å². The minimum Gasteiger partial charge on any atom is -0.289 e. The molecule has 0 radical (unpaired) electrons. The molecule has 0 saturated carbocycles. The zero-order chi connectivity index (χ0) is 16.7. The number of benzene rings is 1. The first-order valence-electron chi connectivity index (χ1n) is 7.23. The first-order valence-corrected chi connectivity index (χ1v) is 7.23. The lowest BCUT2D eigenvalue weighted by Crippen LogP contribution is -2.18. The summed E-state index contributed by atoms with van der Waals surface area (Å²) in [6.07, 6.45) is 7.79. The van der Waals surface area contributed by atoms with Crippen molar-refractivity contribution in [1.29, 1.82) is 0 Å². The molecule has 0 saturated heterocycles. The maximum absolute atomic E-state index is 13.6. The summed E-state index contributed by atoms with van der Waals surface area (Å²) in [6, 6.07) is 4.98. The average molecular weight is 315 g/mol. The normalized spacial score (nSPS) is 11.3. The highest BCUT2D eigenvalue weighted by Gasteiger charge is 2.08. The maximum Gasteiger partial charge on any atom is 0.243 e. The highest BCUT2D eigenvalue weighted by molar-refractivity contribution is 5.77. The van der Waals surface area contributed by atoms with Crippen molar-refractivity contribution in [2.45, 2.75) is 26.2 Å². The van der Waals surface area contributed by atoms with Crippen LogP contribution in [-0.2, 0) is 11.2 Å². The Bertz CT molecular complexity index is 702. The van der Waals surface area contributed by atoms with E-state index in [4.69, 9.17) is 5.21 Å². The third-order valence-corrected chi connectivity index (χ3v) is 3.63. The molecule has 1 amide bonds. The molecule has 0 bridgehead atoms. The first-order chi connectivity index (χ1) is 11.1. The van der Waals surface area contributed by atoms with Crippen molar-refractivity contribution in [2.24, 2.45) is 0 Å².